The van der Waals surface area contributed by atoms with E-state index in [0.29, 0.717) is 5.75 Å². The summed E-state index contributed by atoms with van der Waals surface area (Å²) < 4.78 is 10.1. The van der Waals surface area contributed by atoms with Crippen molar-refractivity contribution in [3.8, 4) is 11.5 Å². The highest BCUT2D eigenvalue weighted by Crippen LogP contribution is 2.31. The number of hydrogen-bond acceptors (Lipinski definition) is 8. The highest BCUT2D eigenvalue weighted by molar-refractivity contribution is 5.69. The van der Waals surface area contributed by atoms with Crippen molar-refractivity contribution in [1.29, 1.82) is 0 Å². The molecule has 0 heterocycles. The Kier molecular flexibility index (Phi) is 5.51. The van der Waals surface area contributed by atoms with E-state index in [1.54, 1.807) is 5.59 Å². The summed E-state index contributed by atoms with van der Waals surface area (Å²) in [7, 11) is 1.43. The molecule has 0 unspecified atom stereocenters. The zero-order valence-corrected chi connectivity index (χ0v) is 10.1. The maximum Gasteiger partial charge on any atom is 0.329 e. The van der Waals surface area contributed by atoms with Gasteiger partial charge >= 0.3 is 11.7 Å². The Balaban J connectivity index is 2.69. The third kappa shape index (κ3) is 4.41. The quantitative estimate of drug-likeness (QED) is 0.411. The second-order valence-corrected chi connectivity index (χ2v) is 3.28. The number of nitro groups is 1. The van der Waals surface area contributed by atoms with E-state index < -0.39 is 10.9 Å². The van der Waals surface area contributed by atoms with Gasteiger partial charge in [0.2, 0.25) is 5.75 Å². The van der Waals surface area contributed by atoms with Crippen molar-refractivity contribution in [2.45, 2.75) is 6.42 Å². The Morgan fingerprint density at radius 3 is 2.84 bits per heavy atom. The van der Waals surface area contributed by atoms with E-state index in [-0.39, 0.29) is 24.5 Å². The van der Waals surface area contributed by atoms with Crippen LogP contribution >= 0.6 is 0 Å². The number of hydrogen-bond donors (Lipinski definition) is 2. The van der Waals surface area contributed by atoms with E-state index in [1.165, 1.54) is 25.3 Å². The van der Waals surface area contributed by atoms with Crippen molar-refractivity contribution >= 4 is 11.7 Å². The van der Waals surface area contributed by atoms with E-state index in [9.17, 15) is 14.9 Å². The molecule has 0 saturated carbocycles. The molecule has 0 amide bonds. The Morgan fingerprint density at radius 2 is 2.26 bits per heavy atom. The molecule has 0 saturated heterocycles. The Morgan fingerprint density at radius 1 is 1.53 bits per heavy atom. The van der Waals surface area contributed by atoms with Gasteiger partial charge in [0, 0.05) is 12.1 Å². The van der Waals surface area contributed by atoms with Gasteiger partial charge in [0.05, 0.1) is 25.1 Å². The lowest BCUT2D eigenvalue weighted by atomic mass is 10.3. The van der Waals surface area contributed by atoms with Crippen LogP contribution in [-0.2, 0) is 9.63 Å². The molecular formula is C10H13N3O6. The van der Waals surface area contributed by atoms with Crippen molar-refractivity contribution < 1.29 is 24.0 Å². The van der Waals surface area contributed by atoms with E-state index in [0.717, 1.165) is 0 Å². The van der Waals surface area contributed by atoms with Crippen LogP contribution in [0.3, 0.4) is 0 Å². The molecule has 0 spiro atoms. The lowest BCUT2D eigenvalue weighted by Crippen LogP contribution is -2.27. The minimum Gasteiger partial charge on any atom is -0.497 e. The third-order valence-electron chi connectivity index (χ3n) is 2.10. The van der Waals surface area contributed by atoms with Crippen LogP contribution in [-0.4, -0.2) is 24.6 Å². The third-order valence-corrected chi connectivity index (χ3v) is 2.10. The topological polar surface area (TPSA) is 126 Å². The number of nitro benzene ring substituents is 1. The van der Waals surface area contributed by atoms with Crippen LogP contribution in [0.1, 0.15) is 6.42 Å². The van der Waals surface area contributed by atoms with Crippen molar-refractivity contribution in [2.75, 3.05) is 13.7 Å². The second kappa shape index (κ2) is 7.13. The summed E-state index contributed by atoms with van der Waals surface area (Å²) in [5, 5.41) is 10.8. The van der Waals surface area contributed by atoms with Gasteiger partial charge in [-0.25, -0.2) is 5.84 Å². The van der Waals surface area contributed by atoms with Crippen LogP contribution in [0.5, 0.6) is 11.5 Å². The maximum absolute atomic E-state index is 11.0. The number of rotatable bonds is 7. The fraction of sp³-hybridized carbons (Fsp3) is 0.300. The van der Waals surface area contributed by atoms with Gasteiger partial charge in [0.25, 0.3) is 0 Å². The highest BCUT2D eigenvalue weighted by Gasteiger charge is 2.16. The molecule has 3 N–H and O–H groups in total. The normalized spacial score (nSPS) is 9.79. The van der Waals surface area contributed by atoms with E-state index in [2.05, 4.69) is 4.84 Å². The first-order chi connectivity index (χ1) is 9.08. The number of nitrogens with one attached hydrogen (secondary N) is 1. The van der Waals surface area contributed by atoms with Gasteiger partial charge in [-0.2, -0.15) is 0 Å². The number of carbonyl (C=O) groups excluding carboxylic acids is 1. The molecule has 104 valence electrons. The fourth-order valence-corrected chi connectivity index (χ4v) is 1.25. The molecule has 0 aromatic heterocycles. The molecule has 0 aliphatic heterocycles. The molecular weight excluding hydrogens is 258 g/mol. The van der Waals surface area contributed by atoms with Gasteiger partial charge in [0.1, 0.15) is 5.75 Å². The lowest BCUT2D eigenvalue weighted by molar-refractivity contribution is -0.385. The first-order valence-corrected chi connectivity index (χ1v) is 5.19. The largest absolute Gasteiger partial charge is 0.497 e. The van der Waals surface area contributed by atoms with Gasteiger partial charge in [-0.3, -0.25) is 14.9 Å². The first kappa shape index (κ1) is 14.7. The van der Waals surface area contributed by atoms with Crippen molar-refractivity contribution in [1.82, 2.24) is 5.59 Å². The van der Waals surface area contributed by atoms with E-state index in [1.807, 2.05) is 0 Å². The maximum atomic E-state index is 11.0. The second-order valence-electron chi connectivity index (χ2n) is 3.28. The van der Waals surface area contributed by atoms with Gasteiger partial charge in [-0.05, 0) is 6.07 Å². The van der Waals surface area contributed by atoms with Gasteiger partial charge in [-0.15, -0.1) is 0 Å². The average molecular weight is 271 g/mol. The van der Waals surface area contributed by atoms with E-state index >= 15 is 0 Å². The predicted molar refractivity (Wildman–Crippen MR) is 63.2 cm³/mol. The molecule has 1 aromatic rings. The molecule has 9 heteroatoms. The number of benzene rings is 1. The van der Waals surface area contributed by atoms with Gasteiger partial charge in [-0.1, -0.05) is 5.59 Å². The monoisotopic (exact) mass is 271 g/mol. The molecule has 19 heavy (non-hydrogen) atoms. The highest BCUT2D eigenvalue weighted by atomic mass is 16.7. The summed E-state index contributed by atoms with van der Waals surface area (Å²) in [4.78, 5) is 25.4. The minimum absolute atomic E-state index is 0.0119. The first-order valence-electron chi connectivity index (χ1n) is 5.19. The molecule has 1 aromatic carbocycles. The van der Waals surface area contributed by atoms with Crippen LogP contribution < -0.4 is 20.9 Å². The summed E-state index contributed by atoms with van der Waals surface area (Å²) >= 11 is 0. The minimum atomic E-state index is -0.645. The Labute approximate surface area is 108 Å². The predicted octanol–water partition coefficient (Wildman–Crippen LogP) is 0.294. The van der Waals surface area contributed by atoms with Crippen LogP contribution in [0, 0.1) is 10.1 Å². The number of ether oxygens (including phenoxy) is 2. The number of hydrazine groups is 1. The summed E-state index contributed by atoms with van der Waals surface area (Å²) in [6.07, 6.45) is -0.113. The number of nitrogens with two attached hydrogens (primary N) is 1. The SMILES string of the molecule is COc1ccc([N+](=O)[O-])c(OCCC(=O)ONN)c1. The smallest absolute Gasteiger partial charge is 0.329 e. The standard InChI is InChI=1S/C10H13N3O6/c1-17-7-2-3-8(13(15)16)9(6-7)18-5-4-10(14)19-12-11/h2-3,6,12H,4-5,11H2,1H3. The molecule has 0 aliphatic rings. The summed E-state index contributed by atoms with van der Waals surface area (Å²) in [6, 6.07) is 4.07. The summed E-state index contributed by atoms with van der Waals surface area (Å²) in [5.74, 6) is 4.55. The average Bonchev–Trinajstić information content (AvgIpc) is 2.38. The molecule has 1 rings (SSSR count). The van der Waals surface area contributed by atoms with Crippen LogP contribution in [0.2, 0.25) is 0 Å². The zero-order valence-electron chi connectivity index (χ0n) is 10.1. The number of carbonyl (C=O) groups is 1. The Bertz CT molecular complexity index is 465. The van der Waals surface area contributed by atoms with Crippen LogP contribution in [0.25, 0.3) is 0 Å². The molecule has 0 fully saturated rings. The van der Waals surface area contributed by atoms with Crippen molar-refractivity contribution in [2.24, 2.45) is 5.84 Å². The molecule has 0 atom stereocenters. The fourth-order valence-electron chi connectivity index (χ4n) is 1.25. The summed E-state index contributed by atoms with van der Waals surface area (Å²) in [6.45, 7) is -0.0888. The Hall–Kier alpha value is -2.39. The molecule has 0 aliphatic carbocycles. The molecule has 9 nitrogen and oxygen atoms in total. The zero-order chi connectivity index (χ0) is 14.3. The number of methoxy groups -OCH3 is 1. The molecule has 0 radical (unpaired) electrons. The van der Waals surface area contributed by atoms with E-state index in [4.69, 9.17) is 15.3 Å². The van der Waals surface area contributed by atoms with Crippen LogP contribution in [0.4, 0.5) is 5.69 Å². The van der Waals surface area contributed by atoms with Crippen molar-refractivity contribution in [3.05, 3.63) is 28.3 Å². The summed E-state index contributed by atoms with van der Waals surface area (Å²) in [5.41, 5.74) is 1.51. The van der Waals surface area contributed by atoms with Gasteiger partial charge < -0.3 is 14.3 Å². The lowest BCUT2D eigenvalue weighted by Gasteiger charge is -2.08. The van der Waals surface area contributed by atoms with Gasteiger partial charge in [0.15, 0.2) is 0 Å². The van der Waals surface area contributed by atoms with Crippen LogP contribution in [0.15, 0.2) is 18.2 Å². The van der Waals surface area contributed by atoms with Crippen molar-refractivity contribution in [3.63, 3.8) is 0 Å². The number of nitrogens with zero attached hydrogens (tertiary/aromatic N) is 1. The molecule has 0 bridgehead atoms.